The highest BCUT2D eigenvalue weighted by molar-refractivity contribution is 5.93. The smallest absolute Gasteiger partial charge is 0.391 e. The molecule has 2 aromatic rings. The minimum absolute atomic E-state index is 0.00271. The molecular formula is C16H16F3N3O2. The van der Waals surface area contributed by atoms with E-state index in [0.717, 1.165) is 6.07 Å². The Morgan fingerprint density at radius 3 is 2.62 bits per heavy atom. The van der Waals surface area contributed by atoms with E-state index in [1.54, 1.807) is 7.05 Å². The van der Waals surface area contributed by atoms with E-state index < -0.39 is 29.8 Å². The summed E-state index contributed by atoms with van der Waals surface area (Å²) in [7, 11) is 1.58. The summed E-state index contributed by atoms with van der Waals surface area (Å²) in [6.45, 7) is -0.0130. The highest BCUT2D eigenvalue weighted by atomic mass is 19.4. The summed E-state index contributed by atoms with van der Waals surface area (Å²) < 4.78 is 41.2. The summed E-state index contributed by atoms with van der Waals surface area (Å²) in [6, 6.07) is 5.83. The molecule has 1 fully saturated rings. The Labute approximate surface area is 136 Å². The van der Waals surface area contributed by atoms with Crippen LogP contribution in [0.2, 0.25) is 0 Å². The van der Waals surface area contributed by atoms with Crippen molar-refractivity contribution in [2.75, 3.05) is 6.54 Å². The Bertz CT molecular complexity index is 757. The Balaban J connectivity index is 2.01. The maximum Gasteiger partial charge on any atom is 0.416 e. The molecule has 2 atom stereocenters. The number of hydrogen-bond acceptors (Lipinski definition) is 3. The van der Waals surface area contributed by atoms with Crippen molar-refractivity contribution in [3.8, 4) is 0 Å². The number of amides is 1. The first-order chi connectivity index (χ1) is 11.3. The molecule has 1 aliphatic heterocycles. The van der Waals surface area contributed by atoms with E-state index in [1.807, 2.05) is 0 Å². The number of carbonyl (C=O) groups excluding carboxylic acids is 1. The highest BCUT2D eigenvalue weighted by Gasteiger charge is 2.41. The number of aryl methyl sites for hydroxylation is 1. The molecule has 1 saturated heterocycles. The van der Waals surface area contributed by atoms with Gasteiger partial charge in [0, 0.05) is 19.8 Å². The molecule has 1 aromatic carbocycles. The normalized spacial score (nSPS) is 21.3. The van der Waals surface area contributed by atoms with Crippen LogP contribution in [0.4, 0.5) is 13.2 Å². The number of benzene rings is 1. The number of aliphatic hydroxyl groups is 1. The van der Waals surface area contributed by atoms with Gasteiger partial charge in [-0.05, 0) is 24.1 Å². The van der Waals surface area contributed by atoms with Crippen molar-refractivity contribution in [3.05, 3.63) is 53.3 Å². The molecule has 1 aromatic heterocycles. The predicted molar refractivity (Wildman–Crippen MR) is 79.1 cm³/mol. The number of nitrogens with zero attached hydrogens (tertiary/aromatic N) is 3. The van der Waals surface area contributed by atoms with Crippen LogP contribution in [-0.4, -0.2) is 38.3 Å². The molecule has 24 heavy (non-hydrogen) atoms. The molecule has 8 heteroatoms. The number of likely N-dealkylation sites (tertiary alicyclic amines) is 1. The van der Waals surface area contributed by atoms with E-state index in [9.17, 15) is 23.1 Å². The van der Waals surface area contributed by atoms with Crippen LogP contribution in [0.15, 0.2) is 36.5 Å². The summed E-state index contributed by atoms with van der Waals surface area (Å²) in [4.78, 5) is 14.0. The van der Waals surface area contributed by atoms with Crippen molar-refractivity contribution in [2.45, 2.75) is 24.7 Å². The Kier molecular flexibility index (Phi) is 4.08. The van der Waals surface area contributed by atoms with Gasteiger partial charge >= 0.3 is 6.18 Å². The number of alkyl halides is 3. The molecule has 1 aliphatic rings. The quantitative estimate of drug-likeness (QED) is 0.914. The molecule has 1 amide bonds. The molecule has 0 saturated carbocycles. The van der Waals surface area contributed by atoms with Gasteiger partial charge in [-0.25, -0.2) is 0 Å². The molecular weight excluding hydrogens is 323 g/mol. The van der Waals surface area contributed by atoms with Crippen LogP contribution in [0.5, 0.6) is 0 Å². The second kappa shape index (κ2) is 5.94. The maximum absolute atomic E-state index is 13.3. The molecule has 0 spiro atoms. The summed E-state index contributed by atoms with van der Waals surface area (Å²) in [5, 5.41) is 13.9. The van der Waals surface area contributed by atoms with Crippen LogP contribution in [0, 0.1) is 0 Å². The van der Waals surface area contributed by atoms with Gasteiger partial charge in [-0.15, -0.1) is 0 Å². The number of aliphatic hydroxyl groups excluding tert-OH is 1. The number of aromatic nitrogens is 2. The third-order valence-electron chi connectivity index (χ3n) is 4.21. The fourth-order valence-corrected chi connectivity index (χ4v) is 3.11. The zero-order valence-electron chi connectivity index (χ0n) is 12.9. The lowest BCUT2D eigenvalue weighted by Crippen LogP contribution is -2.33. The Morgan fingerprint density at radius 1 is 1.29 bits per heavy atom. The van der Waals surface area contributed by atoms with Crippen LogP contribution in [0.25, 0.3) is 0 Å². The van der Waals surface area contributed by atoms with Crippen molar-refractivity contribution in [1.29, 1.82) is 0 Å². The number of β-amino-alcohol motifs (C(OH)–C–C–N with tert-alkyl or cyclic N) is 1. The van der Waals surface area contributed by atoms with Gasteiger partial charge in [-0.3, -0.25) is 9.48 Å². The van der Waals surface area contributed by atoms with Crippen LogP contribution < -0.4 is 0 Å². The van der Waals surface area contributed by atoms with Crippen LogP contribution in [0.3, 0.4) is 0 Å². The monoisotopic (exact) mass is 339 g/mol. The van der Waals surface area contributed by atoms with Gasteiger partial charge in [0.05, 0.1) is 17.7 Å². The summed E-state index contributed by atoms with van der Waals surface area (Å²) >= 11 is 0. The average Bonchev–Trinajstić information content (AvgIpc) is 3.11. The minimum atomic E-state index is -4.52. The van der Waals surface area contributed by atoms with E-state index in [0.29, 0.717) is 0 Å². The van der Waals surface area contributed by atoms with Crippen molar-refractivity contribution in [2.24, 2.45) is 7.05 Å². The fraction of sp³-hybridized carbons (Fsp3) is 0.375. The standard InChI is InChI=1S/C16H16F3N3O2/c1-21-13(6-7-20-21)15(24)22-9-10(23)8-14(22)11-4-2-3-5-12(11)16(17,18)19/h2-7,10,14,23H,8-9H2,1H3/t10-,14-/m0/s1. The first-order valence-corrected chi connectivity index (χ1v) is 7.42. The largest absolute Gasteiger partial charge is 0.416 e. The van der Waals surface area contributed by atoms with Gasteiger partial charge in [0.15, 0.2) is 0 Å². The van der Waals surface area contributed by atoms with Crippen molar-refractivity contribution in [1.82, 2.24) is 14.7 Å². The number of halogens is 3. The maximum atomic E-state index is 13.3. The summed E-state index contributed by atoms with van der Waals surface area (Å²) in [5.41, 5.74) is -0.525. The molecule has 128 valence electrons. The lowest BCUT2D eigenvalue weighted by atomic mass is 9.97. The average molecular weight is 339 g/mol. The second-order valence-electron chi connectivity index (χ2n) is 5.79. The first kappa shape index (κ1) is 16.5. The van der Waals surface area contributed by atoms with Gasteiger partial charge < -0.3 is 10.0 Å². The van der Waals surface area contributed by atoms with Gasteiger partial charge in [-0.2, -0.15) is 18.3 Å². The van der Waals surface area contributed by atoms with Gasteiger partial charge in [0.1, 0.15) is 5.69 Å². The van der Waals surface area contributed by atoms with Gasteiger partial charge in [-0.1, -0.05) is 18.2 Å². The van der Waals surface area contributed by atoms with Crippen LogP contribution in [-0.2, 0) is 13.2 Å². The fourth-order valence-electron chi connectivity index (χ4n) is 3.11. The minimum Gasteiger partial charge on any atom is -0.391 e. The zero-order valence-corrected chi connectivity index (χ0v) is 12.9. The van der Waals surface area contributed by atoms with E-state index in [-0.39, 0.29) is 24.2 Å². The third-order valence-corrected chi connectivity index (χ3v) is 4.21. The van der Waals surface area contributed by atoms with E-state index in [2.05, 4.69) is 5.10 Å². The second-order valence-corrected chi connectivity index (χ2v) is 5.79. The molecule has 0 aliphatic carbocycles. The van der Waals surface area contributed by atoms with E-state index in [4.69, 9.17) is 0 Å². The number of hydrogen-bond donors (Lipinski definition) is 1. The van der Waals surface area contributed by atoms with Gasteiger partial charge in [0.25, 0.3) is 5.91 Å². The zero-order chi connectivity index (χ0) is 17.5. The molecule has 1 N–H and O–H groups in total. The lowest BCUT2D eigenvalue weighted by Gasteiger charge is -2.27. The van der Waals surface area contributed by atoms with Crippen molar-refractivity contribution >= 4 is 5.91 Å². The van der Waals surface area contributed by atoms with Crippen LogP contribution >= 0.6 is 0 Å². The molecule has 0 radical (unpaired) electrons. The SMILES string of the molecule is Cn1nccc1C(=O)N1C[C@@H](O)C[C@H]1c1ccccc1C(F)(F)F. The Hall–Kier alpha value is -2.35. The molecule has 5 nitrogen and oxygen atoms in total. The highest BCUT2D eigenvalue weighted by Crippen LogP contribution is 2.40. The number of carbonyl (C=O) groups is 1. The van der Waals surface area contributed by atoms with Crippen LogP contribution in [0.1, 0.15) is 34.1 Å². The predicted octanol–water partition coefficient (Wildman–Crippen LogP) is 2.39. The lowest BCUT2D eigenvalue weighted by molar-refractivity contribution is -0.138. The summed E-state index contributed by atoms with van der Waals surface area (Å²) in [6.07, 6.45) is -3.88. The van der Waals surface area contributed by atoms with Gasteiger partial charge in [0.2, 0.25) is 0 Å². The van der Waals surface area contributed by atoms with E-state index in [1.165, 1.54) is 40.0 Å². The third kappa shape index (κ3) is 2.89. The summed E-state index contributed by atoms with van der Waals surface area (Å²) in [5.74, 6) is -0.450. The number of rotatable bonds is 2. The topological polar surface area (TPSA) is 58.4 Å². The van der Waals surface area contributed by atoms with Crippen molar-refractivity contribution < 1.29 is 23.1 Å². The molecule has 0 bridgehead atoms. The first-order valence-electron chi connectivity index (χ1n) is 7.42. The molecule has 0 unspecified atom stereocenters. The van der Waals surface area contributed by atoms with Crippen molar-refractivity contribution in [3.63, 3.8) is 0 Å². The molecule has 2 heterocycles. The Morgan fingerprint density at radius 2 is 2.00 bits per heavy atom. The van der Waals surface area contributed by atoms with E-state index >= 15 is 0 Å². The molecule has 3 rings (SSSR count).